The summed E-state index contributed by atoms with van der Waals surface area (Å²) in [6.07, 6.45) is 0.492. The van der Waals surface area contributed by atoms with Gasteiger partial charge in [0.2, 0.25) is 5.89 Å². The van der Waals surface area contributed by atoms with Gasteiger partial charge in [-0.25, -0.2) is 0 Å². The Morgan fingerprint density at radius 1 is 1.69 bits per heavy atom. The zero-order chi connectivity index (χ0) is 9.68. The van der Waals surface area contributed by atoms with Crippen molar-refractivity contribution in [2.75, 3.05) is 13.1 Å². The standard InChI is InChI=1S/C7H12N4O2/c1-2-9-7(12)6-10-5(3-4-8)13-11-6/h2-4,8H2,1H3,(H,9,12). The van der Waals surface area contributed by atoms with E-state index in [-0.39, 0.29) is 11.7 Å². The third-order valence-electron chi connectivity index (χ3n) is 1.37. The lowest BCUT2D eigenvalue weighted by molar-refractivity contribution is 0.0942. The fourth-order valence-corrected chi connectivity index (χ4v) is 0.812. The minimum absolute atomic E-state index is 0.0605. The summed E-state index contributed by atoms with van der Waals surface area (Å²) >= 11 is 0. The molecule has 1 aromatic heterocycles. The maximum atomic E-state index is 11.1. The van der Waals surface area contributed by atoms with Gasteiger partial charge in [-0.1, -0.05) is 5.16 Å². The zero-order valence-corrected chi connectivity index (χ0v) is 7.41. The summed E-state index contributed by atoms with van der Waals surface area (Å²) in [7, 11) is 0. The van der Waals surface area contributed by atoms with Gasteiger partial charge in [-0.05, 0) is 6.92 Å². The van der Waals surface area contributed by atoms with Gasteiger partial charge in [-0.15, -0.1) is 0 Å². The fourth-order valence-electron chi connectivity index (χ4n) is 0.812. The van der Waals surface area contributed by atoms with Crippen molar-refractivity contribution in [1.29, 1.82) is 0 Å². The molecule has 0 aliphatic heterocycles. The number of carbonyl (C=O) groups is 1. The number of hydrogen-bond donors (Lipinski definition) is 2. The highest BCUT2D eigenvalue weighted by Gasteiger charge is 2.12. The highest BCUT2D eigenvalue weighted by atomic mass is 16.5. The Balaban J connectivity index is 2.62. The van der Waals surface area contributed by atoms with Crippen LogP contribution < -0.4 is 11.1 Å². The second kappa shape index (κ2) is 4.56. The lowest BCUT2D eigenvalue weighted by Crippen LogP contribution is -2.23. The quantitative estimate of drug-likeness (QED) is 0.646. The van der Waals surface area contributed by atoms with Crippen LogP contribution in [0.25, 0.3) is 0 Å². The second-order valence-electron chi connectivity index (χ2n) is 2.41. The average molecular weight is 184 g/mol. The van der Waals surface area contributed by atoms with Crippen LogP contribution in [0.1, 0.15) is 23.4 Å². The number of nitrogens with one attached hydrogen (secondary N) is 1. The third kappa shape index (κ3) is 2.51. The Hall–Kier alpha value is -1.43. The molecule has 0 aliphatic carbocycles. The topological polar surface area (TPSA) is 94.0 Å². The number of nitrogens with zero attached hydrogens (tertiary/aromatic N) is 2. The largest absolute Gasteiger partial charge is 0.349 e. The molecular weight excluding hydrogens is 172 g/mol. The summed E-state index contributed by atoms with van der Waals surface area (Å²) < 4.78 is 4.77. The van der Waals surface area contributed by atoms with E-state index in [9.17, 15) is 4.79 Å². The van der Waals surface area contributed by atoms with E-state index in [0.717, 1.165) is 0 Å². The van der Waals surface area contributed by atoms with Crippen LogP contribution in [0, 0.1) is 0 Å². The van der Waals surface area contributed by atoms with Crippen molar-refractivity contribution >= 4 is 5.91 Å². The van der Waals surface area contributed by atoms with Crippen LogP contribution in [0.5, 0.6) is 0 Å². The zero-order valence-electron chi connectivity index (χ0n) is 7.41. The molecule has 13 heavy (non-hydrogen) atoms. The van der Waals surface area contributed by atoms with Crippen LogP contribution in [0.3, 0.4) is 0 Å². The van der Waals surface area contributed by atoms with Crippen LogP contribution in [0.4, 0.5) is 0 Å². The Morgan fingerprint density at radius 3 is 3.08 bits per heavy atom. The van der Waals surface area contributed by atoms with Crippen molar-refractivity contribution in [3.05, 3.63) is 11.7 Å². The molecule has 1 rings (SSSR count). The minimum atomic E-state index is -0.325. The van der Waals surface area contributed by atoms with Gasteiger partial charge in [0.25, 0.3) is 11.7 Å². The maximum Gasteiger partial charge on any atom is 0.292 e. The summed E-state index contributed by atoms with van der Waals surface area (Å²) in [5.41, 5.74) is 5.28. The van der Waals surface area contributed by atoms with Crippen molar-refractivity contribution in [2.24, 2.45) is 5.73 Å². The Labute approximate surface area is 75.5 Å². The molecule has 3 N–H and O–H groups in total. The number of rotatable bonds is 4. The highest BCUT2D eigenvalue weighted by molar-refractivity contribution is 5.90. The maximum absolute atomic E-state index is 11.1. The van der Waals surface area contributed by atoms with Crippen molar-refractivity contribution < 1.29 is 9.32 Å². The van der Waals surface area contributed by atoms with Crippen LogP contribution in [0.2, 0.25) is 0 Å². The number of hydrogen-bond acceptors (Lipinski definition) is 5. The SMILES string of the molecule is CCNC(=O)c1noc(CCN)n1. The van der Waals surface area contributed by atoms with Crippen molar-refractivity contribution in [3.63, 3.8) is 0 Å². The molecule has 0 radical (unpaired) electrons. The van der Waals surface area contributed by atoms with E-state index < -0.39 is 0 Å². The average Bonchev–Trinajstić information content (AvgIpc) is 2.54. The summed E-state index contributed by atoms with van der Waals surface area (Å²) in [5.74, 6) is 0.128. The van der Waals surface area contributed by atoms with E-state index >= 15 is 0 Å². The molecule has 0 saturated carbocycles. The van der Waals surface area contributed by atoms with E-state index in [4.69, 9.17) is 10.3 Å². The summed E-state index contributed by atoms with van der Waals surface area (Å²) in [6, 6.07) is 0. The van der Waals surface area contributed by atoms with E-state index in [1.165, 1.54) is 0 Å². The molecule has 0 fully saturated rings. The number of carbonyl (C=O) groups excluding carboxylic acids is 1. The molecule has 0 bridgehead atoms. The molecule has 72 valence electrons. The molecule has 1 heterocycles. The van der Waals surface area contributed by atoms with Gasteiger partial charge < -0.3 is 15.6 Å². The molecule has 0 spiro atoms. The van der Waals surface area contributed by atoms with Gasteiger partial charge in [-0.3, -0.25) is 4.79 Å². The first-order valence-corrected chi connectivity index (χ1v) is 4.08. The third-order valence-corrected chi connectivity index (χ3v) is 1.37. The molecule has 1 aromatic rings. The minimum Gasteiger partial charge on any atom is -0.349 e. The molecule has 0 aliphatic rings. The molecular formula is C7H12N4O2. The molecule has 6 nitrogen and oxygen atoms in total. The van der Waals surface area contributed by atoms with Gasteiger partial charge in [0.05, 0.1) is 0 Å². The van der Waals surface area contributed by atoms with Crippen LogP contribution in [0.15, 0.2) is 4.52 Å². The number of aromatic nitrogens is 2. The van der Waals surface area contributed by atoms with Crippen LogP contribution in [-0.4, -0.2) is 29.1 Å². The lowest BCUT2D eigenvalue weighted by atomic mass is 10.4. The predicted molar refractivity (Wildman–Crippen MR) is 45.1 cm³/mol. The second-order valence-corrected chi connectivity index (χ2v) is 2.41. The molecule has 0 atom stereocenters. The van der Waals surface area contributed by atoms with Crippen molar-refractivity contribution in [1.82, 2.24) is 15.5 Å². The van der Waals surface area contributed by atoms with Gasteiger partial charge >= 0.3 is 0 Å². The van der Waals surface area contributed by atoms with Gasteiger partial charge in [0.1, 0.15) is 0 Å². The Bertz CT molecular complexity index is 284. The number of nitrogens with two attached hydrogens (primary N) is 1. The first-order chi connectivity index (χ1) is 6.27. The Morgan fingerprint density at radius 2 is 2.46 bits per heavy atom. The monoisotopic (exact) mass is 184 g/mol. The lowest BCUT2D eigenvalue weighted by Gasteiger charge is -1.93. The highest BCUT2D eigenvalue weighted by Crippen LogP contribution is 1.96. The van der Waals surface area contributed by atoms with Crippen molar-refractivity contribution in [3.8, 4) is 0 Å². The molecule has 6 heteroatoms. The van der Waals surface area contributed by atoms with E-state index in [1.54, 1.807) is 0 Å². The smallest absolute Gasteiger partial charge is 0.292 e. The van der Waals surface area contributed by atoms with Crippen molar-refractivity contribution in [2.45, 2.75) is 13.3 Å². The van der Waals surface area contributed by atoms with E-state index in [1.807, 2.05) is 6.92 Å². The predicted octanol–water partition coefficient (Wildman–Crippen LogP) is -0.679. The van der Waals surface area contributed by atoms with E-state index in [0.29, 0.717) is 25.4 Å². The first kappa shape index (κ1) is 9.66. The normalized spacial score (nSPS) is 10.0. The summed E-state index contributed by atoms with van der Waals surface area (Å²) in [5, 5.41) is 6.06. The molecule has 0 unspecified atom stereocenters. The number of amides is 1. The summed E-state index contributed by atoms with van der Waals surface area (Å²) in [4.78, 5) is 15.0. The van der Waals surface area contributed by atoms with Gasteiger partial charge in [0.15, 0.2) is 0 Å². The van der Waals surface area contributed by atoms with Gasteiger partial charge in [-0.2, -0.15) is 4.98 Å². The van der Waals surface area contributed by atoms with Crippen LogP contribution in [-0.2, 0) is 6.42 Å². The molecule has 0 aromatic carbocycles. The van der Waals surface area contributed by atoms with E-state index in [2.05, 4.69) is 15.5 Å². The molecule has 1 amide bonds. The fraction of sp³-hybridized carbons (Fsp3) is 0.571. The first-order valence-electron chi connectivity index (χ1n) is 4.08. The van der Waals surface area contributed by atoms with Crippen LogP contribution >= 0.6 is 0 Å². The van der Waals surface area contributed by atoms with Gasteiger partial charge in [0, 0.05) is 19.5 Å². The molecule has 0 saturated heterocycles. The summed E-state index contributed by atoms with van der Waals surface area (Å²) in [6.45, 7) is 2.79. The Kier molecular flexibility index (Phi) is 3.39.